The molecule has 0 spiro atoms. The normalized spacial score (nSPS) is 21.4. The Morgan fingerprint density at radius 2 is 1.93 bits per heavy atom. The van der Waals surface area contributed by atoms with Gasteiger partial charge in [-0.1, -0.05) is 26.2 Å². The van der Waals surface area contributed by atoms with Crippen molar-refractivity contribution in [3.63, 3.8) is 0 Å². The molecule has 1 aliphatic rings. The molecule has 0 radical (unpaired) electrons. The number of methoxy groups -OCH3 is 1. The molecule has 0 aromatic carbocycles. The third kappa shape index (κ3) is 3.97. The van der Waals surface area contributed by atoms with Crippen LogP contribution in [-0.2, 0) is 4.74 Å². The quantitative estimate of drug-likeness (QED) is 0.674. The lowest BCUT2D eigenvalue weighted by atomic mass is 9.94. The highest BCUT2D eigenvalue weighted by Crippen LogP contribution is 2.22. The number of hydrogen-bond donors (Lipinski definition) is 0. The highest BCUT2D eigenvalue weighted by atomic mass is 16.5. The first-order chi connectivity index (χ1) is 6.74. The molecule has 0 aliphatic heterocycles. The van der Waals surface area contributed by atoms with Gasteiger partial charge in [0, 0.05) is 26.3 Å². The summed E-state index contributed by atoms with van der Waals surface area (Å²) >= 11 is 0. The van der Waals surface area contributed by atoms with Gasteiger partial charge in [-0.15, -0.1) is 0 Å². The van der Waals surface area contributed by atoms with Gasteiger partial charge in [-0.05, 0) is 25.8 Å². The second-order valence-electron chi connectivity index (χ2n) is 4.79. The Morgan fingerprint density at radius 1 is 1.29 bits per heavy atom. The standard InChI is InChI=1S/C12H25NO/c1-11(10-14-3)9-13(2)12-7-5-4-6-8-12/h11-12H,4-10H2,1-3H3/t11-/m0/s1. The van der Waals surface area contributed by atoms with Crippen LogP contribution in [0.25, 0.3) is 0 Å². The first kappa shape index (κ1) is 12.0. The Hall–Kier alpha value is -0.0800. The average Bonchev–Trinajstić information content (AvgIpc) is 2.19. The van der Waals surface area contributed by atoms with Crippen LogP contribution in [0.2, 0.25) is 0 Å². The fourth-order valence-corrected chi connectivity index (χ4v) is 2.50. The highest BCUT2D eigenvalue weighted by Gasteiger charge is 2.18. The van der Waals surface area contributed by atoms with Crippen molar-refractivity contribution < 1.29 is 4.74 Å². The highest BCUT2D eigenvalue weighted by molar-refractivity contribution is 4.74. The van der Waals surface area contributed by atoms with Crippen LogP contribution in [0.3, 0.4) is 0 Å². The molecule has 84 valence electrons. The molecule has 2 nitrogen and oxygen atoms in total. The minimum Gasteiger partial charge on any atom is -0.384 e. The van der Waals surface area contributed by atoms with E-state index in [1.165, 1.54) is 38.6 Å². The summed E-state index contributed by atoms with van der Waals surface area (Å²) < 4.78 is 5.17. The van der Waals surface area contributed by atoms with Crippen LogP contribution in [-0.4, -0.2) is 38.3 Å². The Morgan fingerprint density at radius 3 is 2.50 bits per heavy atom. The van der Waals surface area contributed by atoms with Gasteiger partial charge in [-0.2, -0.15) is 0 Å². The maximum Gasteiger partial charge on any atom is 0.0500 e. The van der Waals surface area contributed by atoms with Gasteiger partial charge in [-0.25, -0.2) is 0 Å². The van der Waals surface area contributed by atoms with Crippen LogP contribution in [0.5, 0.6) is 0 Å². The van der Waals surface area contributed by atoms with Gasteiger partial charge in [-0.3, -0.25) is 0 Å². The lowest BCUT2D eigenvalue weighted by Crippen LogP contribution is -2.37. The van der Waals surface area contributed by atoms with Gasteiger partial charge in [0.1, 0.15) is 0 Å². The fraction of sp³-hybridized carbons (Fsp3) is 1.00. The second kappa shape index (κ2) is 6.41. The van der Waals surface area contributed by atoms with Crippen LogP contribution in [0.4, 0.5) is 0 Å². The smallest absolute Gasteiger partial charge is 0.0500 e. The first-order valence-corrected chi connectivity index (χ1v) is 5.93. The third-order valence-corrected chi connectivity index (χ3v) is 3.25. The van der Waals surface area contributed by atoms with Crippen molar-refractivity contribution >= 4 is 0 Å². The second-order valence-corrected chi connectivity index (χ2v) is 4.79. The molecule has 0 heterocycles. The van der Waals surface area contributed by atoms with Crippen molar-refractivity contribution in [1.82, 2.24) is 4.90 Å². The fourth-order valence-electron chi connectivity index (χ4n) is 2.50. The van der Waals surface area contributed by atoms with Gasteiger partial charge < -0.3 is 9.64 Å². The zero-order chi connectivity index (χ0) is 10.4. The van der Waals surface area contributed by atoms with E-state index in [9.17, 15) is 0 Å². The third-order valence-electron chi connectivity index (χ3n) is 3.25. The number of nitrogens with zero attached hydrogens (tertiary/aromatic N) is 1. The molecular weight excluding hydrogens is 174 g/mol. The summed E-state index contributed by atoms with van der Waals surface area (Å²) in [7, 11) is 4.05. The largest absolute Gasteiger partial charge is 0.384 e. The summed E-state index contributed by atoms with van der Waals surface area (Å²) in [6, 6.07) is 0.836. The number of rotatable bonds is 5. The Labute approximate surface area is 88.6 Å². The van der Waals surface area contributed by atoms with Crippen LogP contribution < -0.4 is 0 Å². The summed E-state index contributed by atoms with van der Waals surface area (Å²) in [6.45, 7) is 4.33. The Bertz CT molecular complexity index is 143. The molecule has 2 heteroatoms. The lowest BCUT2D eigenvalue weighted by Gasteiger charge is -2.32. The van der Waals surface area contributed by atoms with Crippen molar-refractivity contribution in [1.29, 1.82) is 0 Å². The van der Waals surface area contributed by atoms with E-state index in [4.69, 9.17) is 4.74 Å². The van der Waals surface area contributed by atoms with Crippen LogP contribution >= 0.6 is 0 Å². The van der Waals surface area contributed by atoms with Gasteiger partial charge in [0.2, 0.25) is 0 Å². The molecule has 1 saturated carbocycles. The summed E-state index contributed by atoms with van der Waals surface area (Å²) in [5.74, 6) is 0.659. The minimum absolute atomic E-state index is 0.659. The number of ether oxygens (including phenoxy) is 1. The minimum atomic E-state index is 0.659. The van der Waals surface area contributed by atoms with E-state index in [0.717, 1.165) is 12.6 Å². The SMILES string of the molecule is COC[C@@H](C)CN(C)C1CCCCC1. The lowest BCUT2D eigenvalue weighted by molar-refractivity contribution is 0.112. The molecule has 0 bridgehead atoms. The molecule has 0 unspecified atom stereocenters. The monoisotopic (exact) mass is 199 g/mol. The van der Waals surface area contributed by atoms with Crippen molar-refractivity contribution in [3.8, 4) is 0 Å². The molecule has 14 heavy (non-hydrogen) atoms. The maximum atomic E-state index is 5.17. The number of hydrogen-bond acceptors (Lipinski definition) is 2. The zero-order valence-electron chi connectivity index (χ0n) is 9.96. The average molecular weight is 199 g/mol. The molecule has 0 aromatic heterocycles. The van der Waals surface area contributed by atoms with E-state index >= 15 is 0 Å². The van der Waals surface area contributed by atoms with Crippen molar-refractivity contribution in [3.05, 3.63) is 0 Å². The van der Waals surface area contributed by atoms with Gasteiger partial charge in [0.05, 0.1) is 0 Å². The summed E-state index contributed by atoms with van der Waals surface area (Å²) in [4.78, 5) is 2.53. The molecule has 1 rings (SSSR count). The van der Waals surface area contributed by atoms with E-state index in [1.54, 1.807) is 7.11 Å². The zero-order valence-corrected chi connectivity index (χ0v) is 9.96. The van der Waals surface area contributed by atoms with Gasteiger partial charge in [0.15, 0.2) is 0 Å². The van der Waals surface area contributed by atoms with Crippen LogP contribution in [0, 0.1) is 5.92 Å². The molecule has 0 N–H and O–H groups in total. The Balaban J connectivity index is 2.21. The molecule has 0 saturated heterocycles. The van der Waals surface area contributed by atoms with E-state index < -0.39 is 0 Å². The molecule has 0 amide bonds. The van der Waals surface area contributed by atoms with Crippen molar-refractivity contribution in [2.24, 2.45) is 5.92 Å². The van der Waals surface area contributed by atoms with Crippen LogP contribution in [0.15, 0.2) is 0 Å². The van der Waals surface area contributed by atoms with E-state index in [1.807, 2.05) is 0 Å². The maximum absolute atomic E-state index is 5.17. The Kier molecular flexibility index (Phi) is 5.49. The first-order valence-electron chi connectivity index (χ1n) is 5.93. The van der Waals surface area contributed by atoms with Crippen molar-refractivity contribution in [2.45, 2.75) is 45.1 Å². The van der Waals surface area contributed by atoms with E-state index in [0.29, 0.717) is 5.92 Å². The van der Waals surface area contributed by atoms with E-state index in [2.05, 4.69) is 18.9 Å². The molecular formula is C12H25NO. The topological polar surface area (TPSA) is 12.5 Å². The predicted octanol–water partition coefficient (Wildman–Crippen LogP) is 2.53. The van der Waals surface area contributed by atoms with E-state index in [-0.39, 0.29) is 0 Å². The summed E-state index contributed by atoms with van der Waals surface area (Å²) in [5.41, 5.74) is 0. The molecule has 1 atom stereocenters. The van der Waals surface area contributed by atoms with Crippen LogP contribution in [0.1, 0.15) is 39.0 Å². The van der Waals surface area contributed by atoms with Gasteiger partial charge in [0.25, 0.3) is 0 Å². The summed E-state index contributed by atoms with van der Waals surface area (Å²) in [6.07, 6.45) is 7.09. The summed E-state index contributed by atoms with van der Waals surface area (Å²) in [5, 5.41) is 0. The van der Waals surface area contributed by atoms with Gasteiger partial charge >= 0.3 is 0 Å². The molecule has 1 aliphatic carbocycles. The molecule has 1 fully saturated rings. The predicted molar refractivity (Wildman–Crippen MR) is 60.5 cm³/mol. The molecule has 0 aromatic rings. The van der Waals surface area contributed by atoms with Crippen molar-refractivity contribution in [2.75, 3.05) is 27.3 Å².